The first-order valence-electron chi connectivity index (χ1n) is 6.34. The molecule has 0 aliphatic carbocycles. The van der Waals surface area contributed by atoms with Gasteiger partial charge >= 0.3 is 0 Å². The van der Waals surface area contributed by atoms with Crippen molar-refractivity contribution in [3.05, 3.63) is 11.6 Å². The highest BCUT2D eigenvalue weighted by Crippen LogP contribution is 2.25. The van der Waals surface area contributed by atoms with Crippen molar-refractivity contribution in [1.82, 2.24) is 20.1 Å². The van der Waals surface area contributed by atoms with Gasteiger partial charge in [-0.2, -0.15) is 16.9 Å². The highest BCUT2D eigenvalue weighted by atomic mass is 32.2. The Morgan fingerprint density at radius 3 is 2.83 bits per heavy atom. The Hall–Kier alpha value is -1.04. The molecule has 5 nitrogen and oxygen atoms in total. The van der Waals surface area contributed by atoms with Gasteiger partial charge in [-0.3, -0.25) is 9.89 Å². The van der Waals surface area contributed by atoms with Gasteiger partial charge in [0.1, 0.15) is 5.82 Å². The zero-order chi connectivity index (χ0) is 13.0. The molecule has 1 aromatic rings. The van der Waals surface area contributed by atoms with Gasteiger partial charge < -0.3 is 4.90 Å². The van der Waals surface area contributed by atoms with Crippen molar-refractivity contribution in [2.75, 3.05) is 18.6 Å². The van der Waals surface area contributed by atoms with Gasteiger partial charge in [0.15, 0.2) is 5.82 Å². The number of rotatable bonds is 4. The fourth-order valence-electron chi connectivity index (χ4n) is 2.11. The topological polar surface area (TPSA) is 61.9 Å². The summed E-state index contributed by atoms with van der Waals surface area (Å²) in [6.45, 7) is 2.35. The number of nitrogens with zero attached hydrogens (tertiary/aromatic N) is 3. The van der Waals surface area contributed by atoms with Crippen LogP contribution in [-0.2, 0) is 11.3 Å². The van der Waals surface area contributed by atoms with Gasteiger partial charge in [-0.1, -0.05) is 0 Å². The van der Waals surface area contributed by atoms with Crippen molar-refractivity contribution in [2.24, 2.45) is 5.92 Å². The minimum atomic E-state index is 0.203. The molecule has 2 rings (SSSR count). The molecule has 0 spiro atoms. The van der Waals surface area contributed by atoms with E-state index in [1.54, 1.807) is 4.90 Å². The van der Waals surface area contributed by atoms with Crippen LogP contribution in [0.3, 0.4) is 0 Å². The average molecular weight is 268 g/mol. The first-order valence-corrected chi connectivity index (χ1v) is 7.50. The van der Waals surface area contributed by atoms with E-state index in [1.165, 1.54) is 24.3 Å². The van der Waals surface area contributed by atoms with Gasteiger partial charge in [0, 0.05) is 13.5 Å². The summed E-state index contributed by atoms with van der Waals surface area (Å²) in [5.41, 5.74) is 0. The normalized spacial score (nSPS) is 16.8. The quantitative estimate of drug-likeness (QED) is 0.901. The van der Waals surface area contributed by atoms with Crippen LogP contribution in [0.5, 0.6) is 0 Å². The molecule has 0 radical (unpaired) electrons. The van der Waals surface area contributed by atoms with Crippen LogP contribution >= 0.6 is 11.8 Å². The average Bonchev–Trinajstić information content (AvgIpc) is 2.76. The molecule has 0 aromatic carbocycles. The maximum absolute atomic E-state index is 12.1. The molecule has 18 heavy (non-hydrogen) atoms. The Bertz CT molecular complexity index is 401. The maximum atomic E-state index is 12.1. The Balaban J connectivity index is 1.80. The number of aromatic nitrogens is 3. The summed E-state index contributed by atoms with van der Waals surface area (Å²) in [5, 5.41) is 6.84. The number of H-pyrrole nitrogens is 1. The molecule has 1 amide bonds. The molecule has 0 unspecified atom stereocenters. The second-order valence-corrected chi connectivity index (χ2v) is 6.07. The fraction of sp³-hybridized carbons (Fsp3) is 0.750. The molecular formula is C12H20N4OS. The third kappa shape index (κ3) is 3.73. The lowest BCUT2D eigenvalue weighted by Crippen LogP contribution is -2.29. The highest BCUT2D eigenvalue weighted by molar-refractivity contribution is 7.99. The fourth-order valence-corrected chi connectivity index (χ4v) is 3.32. The van der Waals surface area contributed by atoms with Crippen LogP contribution < -0.4 is 0 Å². The summed E-state index contributed by atoms with van der Waals surface area (Å²) in [6, 6.07) is 0. The molecule has 1 fully saturated rings. The van der Waals surface area contributed by atoms with Crippen LogP contribution in [0.4, 0.5) is 0 Å². The van der Waals surface area contributed by atoms with Crippen LogP contribution in [0, 0.1) is 12.8 Å². The minimum absolute atomic E-state index is 0.203. The third-order valence-electron chi connectivity index (χ3n) is 3.25. The number of aromatic amines is 1. The minimum Gasteiger partial charge on any atom is -0.338 e. The summed E-state index contributed by atoms with van der Waals surface area (Å²) in [6.07, 6.45) is 3.01. The Labute approximate surface area is 112 Å². The SMILES string of the molecule is Cc1nc(CN(C)C(=O)CC2CCSCC2)n[nH]1. The van der Waals surface area contributed by atoms with Gasteiger partial charge in [0.05, 0.1) is 6.54 Å². The number of carbonyl (C=O) groups is 1. The van der Waals surface area contributed by atoms with Crippen molar-refractivity contribution in [1.29, 1.82) is 0 Å². The molecule has 1 aromatic heterocycles. The molecule has 100 valence electrons. The van der Waals surface area contributed by atoms with E-state index in [0.717, 1.165) is 5.82 Å². The van der Waals surface area contributed by atoms with E-state index in [4.69, 9.17) is 0 Å². The standard InChI is InChI=1S/C12H20N4OS/c1-9-13-11(15-14-9)8-16(2)12(17)7-10-3-5-18-6-4-10/h10H,3-8H2,1-2H3,(H,13,14,15). The lowest BCUT2D eigenvalue weighted by atomic mass is 9.98. The Morgan fingerprint density at radius 2 is 2.22 bits per heavy atom. The summed E-state index contributed by atoms with van der Waals surface area (Å²) in [5.74, 6) is 4.63. The van der Waals surface area contributed by atoms with E-state index < -0.39 is 0 Å². The molecule has 2 heterocycles. The van der Waals surface area contributed by atoms with Crippen LogP contribution in [0.15, 0.2) is 0 Å². The number of thioether (sulfide) groups is 1. The molecule has 1 aliphatic rings. The van der Waals surface area contributed by atoms with E-state index in [2.05, 4.69) is 15.2 Å². The zero-order valence-electron chi connectivity index (χ0n) is 11.0. The first kappa shape index (κ1) is 13.4. The third-order valence-corrected chi connectivity index (χ3v) is 4.30. The molecule has 1 N–H and O–H groups in total. The van der Waals surface area contributed by atoms with E-state index in [9.17, 15) is 4.79 Å². The van der Waals surface area contributed by atoms with Crippen molar-refractivity contribution in [2.45, 2.75) is 32.7 Å². The Kier molecular flexibility index (Phi) is 4.63. The summed E-state index contributed by atoms with van der Waals surface area (Å²) < 4.78 is 0. The smallest absolute Gasteiger partial charge is 0.222 e. The van der Waals surface area contributed by atoms with Gasteiger partial charge in [0.25, 0.3) is 0 Å². The predicted molar refractivity (Wildman–Crippen MR) is 72.3 cm³/mol. The number of nitrogens with one attached hydrogen (secondary N) is 1. The number of hydrogen-bond acceptors (Lipinski definition) is 4. The molecule has 1 aliphatic heterocycles. The van der Waals surface area contributed by atoms with Gasteiger partial charge in [-0.15, -0.1) is 0 Å². The molecular weight excluding hydrogens is 248 g/mol. The Morgan fingerprint density at radius 1 is 1.50 bits per heavy atom. The van der Waals surface area contributed by atoms with Gasteiger partial charge in [0.2, 0.25) is 5.91 Å². The maximum Gasteiger partial charge on any atom is 0.222 e. The molecule has 1 saturated heterocycles. The van der Waals surface area contributed by atoms with Crippen LogP contribution in [0.1, 0.15) is 30.9 Å². The summed E-state index contributed by atoms with van der Waals surface area (Å²) in [7, 11) is 1.83. The van der Waals surface area contributed by atoms with E-state index in [0.29, 0.717) is 24.7 Å². The lowest BCUT2D eigenvalue weighted by Gasteiger charge is -2.23. The largest absolute Gasteiger partial charge is 0.338 e. The first-order chi connectivity index (χ1) is 8.65. The second kappa shape index (κ2) is 6.22. The number of hydrogen-bond donors (Lipinski definition) is 1. The molecule has 6 heteroatoms. The van der Waals surface area contributed by atoms with Crippen LogP contribution in [0.25, 0.3) is 0 Å². The van der Waals surface area contributed by atoms with Crippen molar-refractivity contribution in [3.63, 3.8) is 0 Å². The van der Waals surface area contributed by atoms with Gasteiger partial charge in [-0.05, 0) is 37.2 Å². The monoisotopic (exact) mass is 268 g/mol. The van der Waals surface area contributed by atoms with E-state index >= 15 is 0 Å². The molecule has 0 saturated carbocycles. The predicted octanol–water partition coefficient (Wildman–Crippen LogP) is 1.60. The van der Waals surface area contributed by atoms with E-state index in [1.807, 2.05) is 25.7 Å². The van der Waals surface area contributed by atoms with Gasteiger partial charge in [-0.25, -0.2) is 4.98 Å². The van der Waals surface area contributed by atoms with Crippen LogP contribution in [0.2, 0.25) is 0 Å². The van der Waals surface area contributed by atoms with Crippen molar-refractivity contribution in [3.8, 4) is 0 Å². The van der Waals surface area contributed by atoms with Crippen molar-refractivity contribution < 1.29 is 4.79 Å². The van der Waals surface area contributed by atoms with Crippen LogP contribution in [-0.4, -0.2) is 44.5 Å². The number of aryl methyl sites for hydroxylation is 1. The molecule has 0 bridgehead atoms. The second-order valence-electron chi connectivity index (χ2n) is 4.85. The summed E-state index contributed by atoms with van der Waals surface area (Å²) >= 11 is 1.99. The lowest BCUT2D eigenvalue weighted by molar-refractivity contribution is -0.131. The highest BCUT2D eigenvalue weighted by Gasteiger charge is 2.20. The summed E-state index contributed by atoms with van der Waals surface area (Å²) in [4.78, 5) is 18.0. The molecule has 0 atom stereocenters. The van der Waals surface area contributed by atoms with Crippen molar-refractivity contribution >= 4 is 17.7 Å². The number of amides is 1. The van der Waals surface area contributed by atoms with E-state index in [-0.39, 0.29) is 5.91 Å². The zero-order valence-corrected chi connectivity index (χ0v) is 11.8. The number of carbonyl (C=O) groups excluding carboxylic acids is 1.